The second kappa shape index (κ2) is 9.60. The van der Waals surface area contributed by atoms with Crippen LogP contribution in [0.2, 0.25) is 0 Å². The van der Waals surface area contributed by atoms with Crippen LogP contribution in [0.5, 0.6) is 11.5 Å². The Hall–Kier alpha value is -3.53. The minimum atomic E-state index is -0.142. The van der Waals surface area contributed by atoms with Crippen LogP contribution < -0.4 is 14.8 Å². The van der Waals surface area contributed by atoms with Crippen molar-refractivity contribution in [3.63, 3.8) is 0 Å². The molecule has 148 valence electrons. The number of benzene rings is 3. The van der Waals surface area contributed by atoms with E-state index in [0.29, 0.717) is 5.57 Å². The SMILES string of the molecule is COc1ccc(/C=C(/C(=O)N[C@@H](C)c2ccc(OC)cc2)c2ccccc2)cc1. The van der Waals surface area contributed by atoms with Crippen molar-refractivity contribution < 1.29 is 14.3 Å². The van der Waals surface area contributed by atoms with E-state index in [1.807, 2.05) is 91.9 Å². The summed E-state index contributed by atoms with van der Waals surface area (Å²) >= 11 is 0. The van der Waals surface area contributed by atoms with Crippen molar-refractivity contribution in [3.05, 3.63) is 95.6 Å². The molecule has 1 amide bonds. The Bertz CT molecular complexity index is 961. The molecule has 29 heavy (non-hydrogen) atoms. The van der Waals surface area contributed by atoms with Gasteiger partial charge in [0.2, 0.25) is 0 Å². The Morgan fingerprint density at radius 1 is 0.828 bits per heavy atom. The predicted octanol–water partition coefficient (Wildman–Crippen LogP) is 5.12. The third kappa shape index (κ3) is 5.26. The van der Waals surface area contributed by atoms with Crippen molar-refractivity contribution >= 4 is 17.6 Å². The zero-order valence-corrected chi connectivity index (χ0v) is 16.9. The Morgan fingerprint density at radius 2 is 1.38 bits per heavy atom. The first-order valence-corrected chi connectivity index (χ1v) is 9.46. The standard InChI is InChI=1S/C25H25NO3/c1-18(20-11-15-23(29-3)16-12-20)26-25(27)24(21-7-5-4-6-8-21)17-19-9-13-22(28-2)14-10-19/h4-18H,1-3H3,(H,26,27)/b24-17+/t18-/m0/s1. The molecule has 3 rings (SSSR count). The first-order valence-electron chi connectivity index (χ1n) is 9.46. The molecule has 0 saturated heterocycles. The first kappa shape index (κ1) is 20.2. The van der Waals surface area contributed by atoms with E-state index in [-0.39, 0.29) is 11.9 Å². The van der Waals surface area contributed by atoms with Crippen LogP contribution in [0.4, 0.5) is 0 Å². The third-order valence-electron chi connectivity index (χ3n) is 4.72. The fourth-order valence-electron chi connectivity index (χ4n) is 3.01. The van der Waals surface area contributed by atoms with Crippen LogP contribution in [-0.2, 0) is 4.79 Å². The summed E-state index contributed by atoms with van der Waals surface area (Å²) in [5.41, 5.74) is 3.41. The Kier molecular flexibility index (Phi) is 6.69. The van der Waals surface area contributed by atoms with E-state index in [1.54, 1.807) is 14.2 Å². The fourth-order valence-corrected chi connectivity index (χ4v) is 3.01. The normalized spacial score (nSPS) is 12.2. The molecule has 0 radical (unpaired) electrons. The molecule has 0 aliphatic rings. The average Bonchev–Trinajstić information content (AvgIpc) is 2.78. The number of hydrogen-bond acceptors (Lipinski definition) is 3. The average molecular weight is 387 g/mol. The van der Waals surface area contributed by atoms with Gasteiger partial charge in [-0.15, -0.1) is 0 Å². The Labute approximate surface area is 171 Å². The molecular formula is C25H25NO3. The molecule has 0 heterocycles. The molecule has 0 spiro atoms. The van der Waals surface area contributed by atoms with Crippen molar-refractivity contribution in [2.75, 3.05) is 14.2 Å². The van der Waals surface area contributed by atoms with E-state index in [9.17, 15) is 4.79 Å². The van der Waals surface area contributed by atoms with Gasteiger partial charge in [-0.1, -0.05) is 54.6 Å². The molecule has 3 aromatic rings. The van der Waals surface area contributed by atoms with E-state index in [4.69, 9.17) is 9.47 Å². The molecule has 0 unspecified atom stereocenters. The molecule has 0 aromatic heterocycles. The molecule has 4 heteroatoms. The molecule has 0 fully saturated rings. The summed E-state index contributed by atoms with van der Waals surface area (Å²) in [5, 5.41) is 3.10. The van der Waals surface area contributed by atoms with Gasteiger partial charge in [0.1, 0.15) is 11.5 Å². The van der Waals surface area contributed by atoms with Gasteiger partial charge in [-0.25, -0.2) is 0 Å². The van der Waals surface area contributed by atoms with Crippen LogP contribution in [0.3, 0.4) is 0 Å². The minimum Gasteiger partial charge on any atom is -0.497 e. The Balaban J connectivity index is 1.86. The van der Waals surface area contributed by atoms with Crippen LogP contribution in [0, 0.1) is 0 Å². The van der Waals surface area contributed by atoms with Crippen LogP contribution in [-0.4, -0.2) is 20.1 Å². The summed E-state index contributed by atoms with van der Waals surface area (Å²) < 4.78 is 10.4. The van der Waals surface area contributed by atoms with Crippen molar-refractivity contribution in [3.8, 4) is 11.5 Å². The summed E-state index contributed by atoms with van der Waals surface area (Å²) in [4.78, 5) is 13.1. The maximum absolute atomic E-state index is 13.1. The summed E-state index contributed by atoms with van der Waals surface area (Å²) in [7, 11) is 3.27. The van der Waals surface area contributed by atoms with Crippen molar-refractivity contribution in [1.29, 1.82) is 0 Å². The maximum atomic E-state index is 13.1. The molecule has 0 saturated carbocycles. The number of ether oxygens (including phenoxy) is 2. The molecular weight excluding hydrogens is 362 g/mol. The molecule has 4 nitrogen and oxygen atoms in total. The van der Waals surface area contributed by atoms with Gasteiger partial charge < -0.3 is 14.8 Å². The van der Waals surface area contributed by atoms with Crippen LogP contribution in [0.1, 0.15) is 29.7 Å². The predicted molar refractivity (Wildman–Crippen MR) is 117 cm³/mol. The number of carbonyl (C=O) groups excluding carboxylic acids is 1. The fraction of sp³-hybridized carbons (Fsp3) is 0.160. The molecule has 0 bridgehead atoms. The van der Waals surface area contributed by atoms with Gasteiger partial charge in [-0.05, 0) is 54.0 Å². The summed E-state index contributed by atoms with van der Waals surface area (Å²) in [6.07, 6.45) is 1.89. The lowest BCUT2D eigenvalue weighted by Crippen LogP contribution is -2.27. The molecule has 1 N–H and O–H groups in total. The van der Waals surface area contributed by atoms with E-state index < -0.39 is 0 Å². The van der Waals surface area contributed by atoms with Crippen molar-refractivity contribution in [1.82, 2.24) is 5.32 Å². The number of carbonyl (C=O) groups is 1. The number of methoxy groups -OCH3 is 2. The highest BCUT2D eigenvalue weighted by molar-refractivity contribution is 6.24. The van der Waals surface area contributed by atoms with Crippen molar-refractivity contribution in [2.24, 2.45) is 0 Å². The van der Waals surface area contributed by atoms with Gasteiger partial charge in [-0.2, -0.15) is 0 Å². The van der Waals surface area contributed by atoms with E-state index in [0.717, 1.165) is 28.2 Å². The van der Waals surface area contributed by atoms with Gasteiger partial charge in [0.15, 0.2) is 0 Å². The summed E-state index contributed by atoms with van der Waals surface area (Å²) in [6, 6.07) is 24.9. The van der Waals surface area contributed by atoms with Crippen molar-refractivity contribution in [2.45, 2.75) is 13.0 Å². The molecule has 0 aliphatic heterocycles. The topological polar surface area (TPSA) is 47.6 Å². The summed E-state index contributed by atoms with van der Waals surface area (Å²) in [6.45, 7) is 1.97. The quantitative estimate of drug-likeness (QED) is 0.452. The van der Waals surface area contributed by atoms with E-state index in [1.165, 1.54) is 0 Å². The zero-order chi connectivity index (χ0) is 20.6. The zero-order valence-electron chi connectivity index (χ0n) is 16.9. The number of hydrogen-bond donors (Lipinski definition) is 1. The lowest BCUT2D eigenvalue weighted by Gasteiger charge is -2.17. The monoisotopic (exact) mass is 387 g/mol. The highest BCUT2D eigenvalue weighted by Gasteiger charge is 2.16. The summed E-state index contributed by atoms with van der Waals surface area (Å²) in [5.74, 6) is 1.44. The third-order valence-corrected chi connectivity index (χ3v) is 4.72. The van der Waals surface area contributed by atoms with E-state index >= 15 is 0 Å². The second-order valence-corrected chi connectivity index (χ2v) is 6.67. The van der Waals surface area contributed by atoms with Gasteiger partial charge in [0.25, 0.3) is 5.91 Å². The van der Waals surface area contributed by atoms with Gasteiger partial charge in [-0.3, -0.25) is 4.79 Å². The van der Waals surface area contributed by atoms with Gasteiger partial charge in [0.05, 0.1) is 20.3 Å². The largest absolute Gasteiger partial charge is 0.497 e. The lowest BCUT2D eigenvalue weighted by molar-refractivity contribution is -0.116. The maximum Gasteiger partial charge on any atom is 0.252 e. The number of nitrogens with one attached hydrogen (secondary N) is 1. The van der Waals surface area contributed by atoms with E-state index in [2.05, 4.69) is 5.32 Å². The smallest absolute Gasteiger partial charge is 0.252 e. The first-order chi connectivity index (χ1) is 14.1. The number of rotatable bonds is 7. The lowest BCUT2D eigenvalue weighted by atomic mass is 10.0. The van der Waals surface area contributed by atoms with Gasteiger partial charge >= 0.3 is 0 Å². The molecule has 3 aromatic carbocycles. The van der Waals surface area contributed by atoms with Crippen LogP contribution in [0.15, 0.2) is 78.9 Å². The van der Waals surface area contributed by atoms with Crippen LogP contribution >= 0.6 is 0 Å². The Morgan fingerprint density at radius 3 is 1.93 bits per heavy atom. The minimum absolute atomic E-state index is 0.129. The second-order valence-electron chi connectivity index (χ2n) is 6.67. The highest BCUT2D eigenvalue weighted by Crippen LogP contribution is 2.23. The van der Waals surface area contributed by atoms with Crippen LogP contribution in [0.25, 0.3) is 11.6 Å². The molecule has 1 atom stereocenters. The molecule has 0 aliphatic carbocycles. The highest BCUT2D eigenvalue weighted by atomic mass is 16.5. The number of amides is 1. The van der Waals surface area contributed by atoms with Gasteiger partial charge in [0, 0.05) is 5.57 Å².